The van der Waals surface area contributed by atoms with Gasteiger partial charge < -0.3 is 10.0 Å². The topological polar surface area (TPSA) is 57.6 Å². The third-order valence-corrected chi connectivity index (χ3v) is 4.56. The molecular weight excluding hydrogens is 273 g/mol. The van der Waals surface area contributed by atoms with Crippen LogP contribution in [0.4, 0.5) is 10.1 Å². The van der Waals surface area contributed by atoms with Crippen LogP contribution < -0.4 is 4.90 Å². The number of nitrogens with zero attached hydrogens (tertiary/aromatic N) is 1. The number of amides is 1. The predicted molar refractivity (Wildman–Crippen MR) is 75.2 cm³/mol. The number of carboxylic acid groups (broad SMARTS) is 1. The number of anilines is 1. The number of halogens is 1. The molecule has 1 aromatic carbocycles. The largest absolute Gasteiger partial charge is 0.481 e. The molecule has 2 bridgehead atoms. The third-order valence-electron chi connectivity index (χ3n) is 4.56. The van der Waals surface area contributed by atoms with Gasteiger partial charge in [0.15, 0.2) is 0 Å². The van der Waals surface area contributed by atoms with Gasteiger partial charge in [-0.1, -0.05) is 18.2 Å². The van der Waals surface area contributed by atoms with Crippen molar-refractivity contribution in [1.29, 1.82) is 0 Å². The Morgan fingerprint density at radius 1 is 1.24 bits per heavy atom. The zero-order chi connectivity index (χ0) is 15.1. The van der Waals surface area contributed by atoms with Crippen LogP contribution in [0.3, 0.4) is 0 Å². The lowest BCUT2D eigenvalue weighted by Gasteiger charge is -2.28. The molecule has 0 aliphatic heterocycles. The summed E-state index contributed by atoms with van der Waals surface area (Å²) in [4.78, 5) is 25.5. The second kappa shape index (κ2) is 4.98. The minimum atomic E-state index is -0.933. The third kappa shape index (κ3) is 2.22. The Labute approximate surface area is 121 Å². The van der Waals surface area contributed by atoms with Crippen molar-refractivity contribution in [3.8, 4) is 0 Å². The van der Waals surface area contributed by atoms with E-state index < -0.39 is 23.6 Å². The average molecular weight is 289 g/mol. The van der Waals surface area contributed by atoms with Gasteiger partial charge in [0.25, 0.3) is 0 Å². The number of carbonyl (C=O) groups is 2. The fraction of sp³-hybridized carbons (Fsp3) is 0.375. The lowest BCUT2D eigenvalue weighted by atomic mass is 9.82. The van der Waals surface area contributed by atoms with Crippen LogP contribution in [0.25, 0.3) is 0 Å². The van der Waals surface area contributed by atoms with E-state index in [2.05, 4.69) is 0 Å². The van der Waals surface area contributed by atoms with Crippen molar-refractivity contribution in [2.45, 2.75) is 6.42 Å². The van der Waals surface area contributed by atoms with Crippen molar-refractivity contribution in [2.75, 3.05) is 11.9 Å². The van der Waals surface area contributed by atoms with E-state index >= 15 is 0 Å². The van der Waals surface area contributed by atoms with Crippen molar-refractivity contribution in [3.05, 3.63) is 42.2 Å². The monoisotopic (exact) mass is 289 g/mol. The number of hydrogen-bond donors (Lipinski definition) is 1. The Morgan fingerprint density at radius 3 is 2.52 bits per heavy atom. The van der Waals surface area contributed by atoms with Crippen LogP contribution >= 0.6 is 0 Å². The fourth-order valence-electron chi connectivity index (χ4n) is 3.53. The van der Waals surface area contributed by atoms with E-state index in [1.165, 1.54) is 23.1 Å². The first-order valence-electron chi connectivity index (χ1n) is 6.93. The van der Waals surface area contributed by atoms with Gasteiger partial charge >= 0.3 is 5.97 Å². The summed E-state index contributed by atoms with van der Waals surface area (Å²) in [7, 11) is 1.56. The first-order chi connectivity index (χ1) is 9.99. The minimum absolute atomic E-state index is 0.0281. The van der Waals surface area contributed by atoms with Gasteiger partial charge in [-0.15, -0.1) is 0 Å². The summed E-state index contributed by atoms with van der Waals surface area (Å²) < 4.78 is 13.3. The number of hydrogen-bond acceptors (Lipinski definition) is 2. The van der Waals surface area contributed by atoms with Crippen LogP contribution in [-0.4, -0.2) is 24.0 Å². The molecule has 1 aromatic rings. The quantitative estimate of drug-likeness (QED) is 0.869. The Balaban J connectivity index is 1.87. The standard InChI is InChI=1S/C16H16FNO3/c1-18(12-4-2-3-11(17)8-12)15(19)13-9-5-6-10(7-9)14(13)16(20)21/h2-6,8-10,13-14H,7H2,1H3,(H,20,21). The van der Waals surface area contributed by atoms with E-state index in [1.54, 1.807) is 13.1 Å². The molecule has 110 valence electrons. The highest BCUT2D eigenvalue weighted by atomic mass is 19.1. The first kappa shape index (κ1) is 13.8. The van der Waals surface area contributed by atoms with Crippen molar-refractivity contribution >= 4 is 17.6 Å². The van der Waals surface area contributed by atoms with Crippen molar-refractivity contribution < 1.29 is 19.1 Å². The van der Waals surface area contributed by atoms with E-state index in [9.17, 15) is 19.1 Å². The number of carboxylic acids is 1. The molecule has 2 aliphatic rings. The highest BCUT2D eigenvalue weighted by Gasteiger charge is 2.52. The van der Waals surface area contributed by atoms with E-state index in [4.69, 9.17) is 0 Å². The summed E-state index contributed by atoms with van der Waals surface area (Å²) in [6.45, 7) is 0. The second-order valence-corrected chi connectivity index (χ2v) is 5.72. The molecule has 1 amide bonds. The molecule has 2 aliphatic carbocycles. The molecular formula is C16H16FNO3. The molecule has 1 saturated carbocycles. The number of rotatable bonds is 3. The lowest BCUT2D eigenvalue weighted by Crippen LogP contribution is -2.41. The molecule has 0 heterocycles. The highest BCUT2D eigenvalue weighted by molar-refractivity contribution is 5.97. The summed E-state index contributed by atoms with van der Waals surface area (Å²) in [5, 5.41) is 9.39. The van der Waals surface area contributed by atoms with E-state index in [0.29, 0.717) is 12.1 Å². The Hall–Kier alpha value is -2.17. The zero-order valence-corrected chi connectivity index (χ0v) is 11.6. The minimum Gasteiger partial charge on any atom is -0.481 e. The maximum Gasteiger partial charge on any atom is 0.307 e. The molecule has 3 rings (SSSR count). The summed E-state index contributed by atoms with van der Waals surface area (Å²) in [5.41, 5.74) is 0.441. The van der Waals surface area contributed by atoms with E-state index in [0.717, 1.165) is 0 Å². The number of carbonyl (C=O) groups excluding carboxylic acids is 1. The summed E-state index contributed by atoms with van der Waals surface area (Å²) >= 11 is 0. The van der Waals surface area contributed by atoms with Gasteiger partial charge in [-0.05, 0) is 36.5 Å². The molecule has 4 unspecified atom stereocenters. The van der Waals surface area contributed by atoms with Gasteiger partial charge in [0.05, 0.1) is 11.8 Å². The van der Waals surface area contributed by atoms with Crippen LogP contribution in [-0.2, 0) is 9.59 Å². The number of benzene rings is 1. The highest BCUT2D eigenvalue weighted by Crippen LogP contribution is 2.48. The van der Waals surface area contributed by atoms with Crippen molar-refractivity contribution in [1.82, 2.24) is 0 Å². The van der Waals surface area contributed by atoms with Crippen LogP contribution in [0, 0.1) is 29.5 Å². The molecule has 5 heteroatoms. The lowest BCUT2D eigenvalue weighted by molar-refractivity contribution is -0.147. The number of aliphatic carboxylic acids is 1. The van der Waals surface area contributed by atoms with Gasteiger partial charge in [-0.3, -0.25) is 9.59 Å². The molecule has 1 fully saturated rings. The van der Waals surface area contributed by atoms with Crippen LogP contribution in [0.5, 0.6) is 0 Å². The van der Waals surface area contributed by atoms with Gasteiger partial charge in [-0.25, -0.2) is 4.39 Å². The molecule has 1 N–H and O–H groups in total. The Morgan fingerprint density at radius 2 is 1.90 bits per heavy atom. The SMILES string of the molecule is CN(C(=O)C1C2C=CC(C2)C1C(=O)O)c1cccc(F)c1. The van der Waals surface area contributed by atoms with Crippen LogP contribution in [0.15, 0.2) is 36.4 Å². The van der Waals surface area contributed by atoms with E-state index in [-0.39, 0.29) is 17.7 Å². The zero-order valence-electron chi connectivity index (χ0n) is 11.6. The van der Waals surface area contributed by atoms with E-state index in [1.807, 2.05) is 12.2 Å². The van der Waals surface area contributed by atoms with Gasteiger partial charge in [0.2, 0.25) is 5.91 Å². The molecule has 4 nitrogen and oxygen atoms in total. The smallest absolute Gasteiger partial charge is 0.307 e. The summed E-state index contributed by atoms with van der Waals surface area (Å²) in [6, 6.07) is 5.75. The molecule has 0 saturated heterocycles. The predicted octanol–water partition coefficient (Wildman–Crippen LogP) is 2.31. The number of allylic oxidation sites excluding steroid dienone is 2. The molecule has 4 atom stereocenters. The maximum absolute atomic E-state index is 13.3. The fourth-order valence-corrected chi connectivity index (χ4v) is 3.53. The van der Waals surface area contributed by atoms with Crippen molar-refractivity contribution in [2.24, 2.45) is 23.7 Å². The Bertz CT molecular complexity index is 628. The Kier molecular flexibility index (Phi) is 3.27. The van der Waals surface area contributed by atoms with Gasteiger partial charge in [-0.2, -0.15) is 0 Å². The van der Waals surface area contributed by atoms with Crippen LogP contribution in [0.2, 0.25) is 0 Å². The van der Waals surface area contributed by atoms with Crippen LogP contribution in [0.1, 0.15) is 6.42 Å². The van der Waals surface area contributed by atoms with Crippen molar-refractivity contribution in [3.63, 3.8) is 0 Å². The number of fused-ring (bicyclic) bond motifs is 2. The first-order valence-corrected chi connectivity index (χ1v) is 6.93. The van der Waals surface area contributed by atoms with Gasteiger partial charge in [0.1, 0.15) is 5.82 Å². The second-order valence-electron chi connectivity index (χ2n) is 5.72. The maximum atomic E-state index is 13.3. The molecule has 0 spiro atoms. The molecule has 0 radical (unpaired) electrons. The molecule has 0 aromatic heterocycles. The summed E-state index contributed by atoms with van der Waals surface area (Å²) in [5.74, 6) is -2.95. The van der Waals surface area contributed by atoms with Gasteiger partial charge in [0, 0.05) is 12.7 Å². The molecule has 21 heavy (non-hydrogen) atoms. The normalized spacial score (nSPS) is 29.6. The average Bonchev–Trinajstić information content (AvgIpc) is 3.06. The summed E-state index contributed by atoms with van der Waals surface area (Å²) in [6.07, 6.45) is 4.55.